The topological polar surface area (TPSA) is 29.1 Å². The maximum atomic E-state index is 10.7. The lowest BCUT2D eigenvalue weighted by atomic mass is 9.99. The second kappa shape index (κ2) is 4.42. The van der Waals surface area contributed by atoms with E-state index >= 15 is 0 Å². The van der Waals surface area contributed by atoms with Gasteiger partial charge in [0.05, 0.1) is 0 Å². The van der Waals surface area contributed by atoms with Gasteiger partial charge >= 0.3 is 0 Å². The van der Waals surface area contributed by atoms with Crippen molar-refractivity contribution in [2.75, 3.05) is 12.4 Å². The molecule has 0 bridgehead atoms. The summed E-state index contributed by atoms with van der Waals surface area (Å²) in [7, 11) is 1.81. The first kappa shape index (κ1) is 10.3. The first-order valence-corrected chi connectivity index (χ1v) is 4.32. The number of hydrogen-bond acceptors (Lipinski definition) is 2. The van der Waals surface area contributed by atoms with E-state index < -0.39 is 0 Å². The molecule has 0 aliphatic heterocycles. The molecule has 0 aliphatic carbocycles. The van der Waals surface area contributed by atoms with Crippen LogP contribution in [0.25, 0.3) is 11.6 Å². The molecular weight excluding hydrogens is 174 g/mol. The molecule has 14 heavy (non-hydrogen) atoms. The number of aldehydes is 1. The molecule has 1 rings (SSSR count). The fourth-order valence-electron chi connectivity index (χ4n) is 1.37. The van der Waals surface area contributed by atoms with Crippen molar-refractivity contribution in [3.05, 3.63) is 42.5 Å². The summed E-state index contributed by atoms with van der Waals surface area (Å²) in [5, 5.41) is 3.02. The lowest BCUT2D eigenvalue weighted by molar-refractivity contribution is -0.103. The molecule has 0 radical (unpaired) electrons. The Morgan fingerprint density at radius 1 is 1.50 bits per heavy atom. The van der Waals surface area contributed by atoms with Crippen molar-refractivity contribution in [2.45, 2.75) is 0 Å². The van der Waals surface area contributed by atoms with Crippen LogP contribution in [0.15, 0.2) is 31.4 Å². The van der Waals surface area contributed by atoms with Gasteiger partial charge in [0, 0.05) is 23.9 Å². The summed E-state index contributed by atoms with van der Waals surface area (Å²) < 4.78 is 0. The summed E-state index contributed by atoms with van der Waals surface area (Å²) in [6.07, 6.45) is 2.47. The highest BCUT2D eigenvalue weighted by Gasteiger charge is 2.07. The number of hydrogen-bond donors (Lipinski definition) is 1. The van der Waals surface area contributed by atoms with Gasteiger partial charge in [0.1, 0.15) is 6.29 Å². The number of nitrogens with one attached hydrogen (secondary N) is 1. The first-order chi connectivity index (χ1) is 6.74. The molecule has 0 fully saturated rings. The molecule has 0 spiro atoms. The standard InChI is InChI=1S/C12H13NO/c1-4-10-6-5-7-11(13-3)12(10)9(2)8-14/h4-8,13H,1-2H2,3H3. The number of carbonyl (C=O) groups is 1. The first-order valence-electron chi connectivity index (χ1n) is 4.32. The predicted molar refractivity (Wildman–Crippen MR) is 61.2 cm³/mol. The Bertz CT molecular complexity index is 380. The molecule has 0 atom stereocenters. The van der Waals surface area contributed by atoms with Crippen LogP contribution in [0.3, 0.4) is 0 Å². The largest absolute Gasteiger partial charge is 0.388 e. The summed E-state index contributed by atoms with van der Waals surface area (Å²) in [5.41, 5.74) is 3.08. The van der Waals surface area contributed by atoms with Crippen LogP contribution in [0.2, 0.25) is 0 Å². The average Bonchev–Trinajstić information content (AvgIpc) is 2.26. The SMILES string of the molecule is C=Cc1cccc(NC)c1C(=C)C=O. The molecule has 1 aromatic rings. The number of carbonyl (C=O) groups excluding carboxylic acids is 1. The van der Waals surface area contributed by atoms with Crippen molar-refractivity contribution in [1.29, 1.82) is 0 Å². The van der Waals surface area contributed by atoms with Crippen LogP contribution in [-0.2, 0) is 4.79 Å². The molecule has 2 nitrogen and oxygen atoms in total. The van der Waals surface area contributed by atoms with Gasteiger partial charge in [0.25, 0.3) is 0 Å². The molecule has 0 heterocycles. The second-order valence-corrected chi connectivity index (χ2v) is 2.87. The smallest absolute Gasteiger partial charge is 0.150 e. The molecule has 1 N–H and O–H groups in total. The lowest BCUT2D eigenvalue weighted by Gasteiger charge is -2.10. The highest BCUT2D eigenvalue weighted by atomic mass is 16.1. The fraction of sp³-hybridized carbons (Fsp3) is 0.0833. The van der Waals surface area contributed by atoms with Gasteiger partial charge in [-0.3, -0.25) is 4.79 Å². The van der Waals surface area contributed by atoms with E-state index in [4.69, 9.17) is 0 Å². The Balaban J connectivity index is 3.40. The van der Waals surface area contributed by atoms with Gasteiger partial charge in [-0.05, 0) is 11.6 Å². The number of allylic oxidation sites excluding steroid dienone is 1. The Morgan fingerprint density at radius 2 is 2.21 bits per heavy atom. The summed E-state index contributed by atoms with van der Waals surface area (Å²) in [6.45, 7) is 7.40. The zero-order chi connectivity index (χ0) is 10.6. The second-order valence-electron chi connectivity index (χ2n) is 2.87. The van der Waals surface area contributed by atoms with Crippen LogP contribution in [0.5, 0.6) is 0 Å². The molecule has 0 aromatic heterocycles. The Kier molecular flexibility index (Phi) is 3.24. The van der Waals surface area contributed by atoms with Gasteiger partial charge in [0.2, 0.25) is 0 Å². The average molecular weight is 187 g/mol. The summed E-state index contributed by atoms with van der Waals surface area (Å²) in [6, 6.07) is 5.71. The van der Waals surface area contributed by atoms with Gasteiger partial charge in [-0.2, -0.15) is 0 Å². The van der Waals surface area contributed by atoms with E-state index in [-0.39, 0.29) is 0 Å². The highest BCUT2D eigenvalue weighted by Crippen LogP contribution is 2.26. The Hall–Kier alpha value is -1.83. The van der Waals surface area contributed by atoms with Crippen LogP contribution < -0.4 is 5.32 Å². The normalized spacial score (nSPS) is 9.21. The third-order valence-electron chi connectivity index (χ3n) is 2.05. The van der Waals surface area contributed by atoms with Crippen LogP contribution in [-0.4, -0.2) is 13.3 Å². The molecule has 0 unspecified atom stereocenters. The van der Waals surface area contributed by atoms with E-state index in [1.165, 1.54) is 0 Å². The third kappa shape index (κ3) is 1.74. The third-order valence-corrected chi connectivity index (χ3v) is 2.05. The van der Waals surface area contributed by atoms with Gasteiger partial charge in [-0.15, -0.1) is 0 Å². The van der Waals surface area contributed by atoms with Crippen molar-refractivity contribution >= 4 is 23.6 Å². The van der Waals surface area contributed by atoms with Crippen molar-refractivity contribution in [3.8, 4) is 0 Å². The highest BCUT2D eigenvalue weighted by molar-refractivity contribution is 6.09. The van der Waals surface area contributed by atoms with Crippen LogP contribution in [0, 0.1) is 0 Å². The minimum Gasteiger partial charge on any atom is -0.388 e. The molecular formula is C12H13NO. The van der Waals surface area contributed by atoms with Gasteiger partial charge in [0.15, 0.2) is 0 Å². The van der Waals surface area contributed by atoms with Gasteiger partial charge in [-0.25, -0.2) is 0 Å². The molecule has 0 saturated carbocycles. The number of anilines is 1. The summed E-state index contributed by atoms with van der Waals surface area (Å²) in [4.78, 5) is 10.7. The molecule has 1 aromatic carbocycles. The minimum absolute atomic E-state index is 0.463. The molecule has 72 valence electrons. The Labute approximate surface area is 84.0 Å². The molecule has 0 amide bonds. The van der Waals surface area contributed by atoms with Crippen molar-refractivity contribution in [3.63, 3.8) is 0 Å². The zero-order valence-electron chi connectivity index (χ0n) is 8.21. The van der Waals surface area contributed by atoms with Crippen LogP contribution in [0.4, 0.5) is 5.69 Å². The van der Waals surface area contributed by atoms with Gasteiger partial charge in [-0.1, -0.05) is 31.4 Å². The number of benzene rings is 1. The maximum absolute atomic E-state index is 10.7. The lowest BCUT2D eigenvalue weighted by Crippen LogP contribution is -1.97. The van der Waals surface area contributed by atoms with E-state index in [1.807, 2.05) is 25.2 Å². The van der Waals surface area contributed by atoms with E-state index in [0.717, 1.165) is 23.1 Å². The maximum Gasteiger partial charge on any atom is 0.150 e. The quantitative estimate of drug-likeness (QED) is 0.579. The predicted octanol–water partition coefficient (Wildman–Crippen LogP) is 2.58. The van der Waals surface area contributed by atoms with E-state index in [1.54, 1.807) is 6.08 Å². The zero-order valence-corrected chi connectivity index (χ0v) is 8.21. The van der Waals surface area contributed by atoms with E-state index in [0.29, 0.717) is 5.57 Å². The molecule has 0 aliphatic rings. The van der Waals surface area contributed by atoms with Crippen molar-refractivity contribution in [2.24, 2.45) is 0 Å². The molecule has 0 saturated heterocycles. The van der Waals surface area contributed by atoms with Crippen LogP contribution in [0.1, 0.15) is 11.1 Å². The van der Waals surface area contributed by atoms with E-state index in [9.17, 15) is 4.79 Å². The monoisotopic (exact) mass is 187 g/mol. The van der Waals surface area contributed by atoms with Crippen LogP contribution >= 0.6 is 0 Å². The molecule has 2 heteroatoms. The number of rotatable bonds is 4. The Morgan fingerprint density at radius 3 is 2.71 bits per heavy atom. The van der Waals surface area contributed by atoms with Crippen molar-refractivity contribution in [1.82, 2.24) is 0 Å². The van der Waals surface area contributed by atoms with E-state index in [2.05, 4.69) is 18.5 Å². The van der Waals surface area contributed by atoms with Crippen molar-refractivity contribution < 1.29 is 4.79 Å². The minimum atomic E-state index is 0.463. The van der Waals surface area contributed by atoms with Gasteiger partial charge < -0.3 is 5.32 Å². The fourth-order valence-corrected chi connectivity index (χ4v) is 1.37. The summed E-state index contributed by atoms with van der Waals surface area (Å²) in [5.74, 6) is 0. The summed E-state index contributed by atoms with van der Waals surface area (Å²) >= 11 is 0.